The van der Waals surface area contributed by atoms with Crippen LogP contribution in [-0.2, 0) is 4.79 Å². The van der Waals surface area contributed by atoms with Crippen LogP contribution in [0.15, 0.2) is 48.5 Å². The van der Waals surface area contributed by atoms with E-state index in [2.05, 4.69) is 5.32 Å². The Balaban J connectivity index is 0.00000288. The molecule has 24 heavy (non-hydrogen) atoms. The lowest BCUT2D eigenvalue weighted by Gasteiger charge is -2.20. The van der Waals surface area contributed by atoms with Crippen molar-refractivity contribution in [3.05, 3.63) is 65.5 Å². The van der Waals surface area contributed by atoms with Crippen molar-refractivity contribution in [2.24, 2.45) is 5.73 Å². The van der Waals surface area contributed by atoms with Gasteiger partial charge < -0.3 is 15.8 Å². The van der Waals surface area contributed by atoms with Crippen molar-refractivity contribution in [2.45, 2.75) is 18.9 Å². The molecule has 2 rings (SSSR count). The van der Waals surface area contributed by atoms with E-state index >= 15 is 0 Å². The van der Waals surface area contributed by atoms with E-state index in [-0.39, 0.29) is 36.7 Å². The normalized spacial score (nSPS) is 12.7. The molecule has 0 bridgehead atoms. The van der Waals surface area contributed by atoms with Crippen LogP contribution in [0, 0.1) is 5.82 Å². The molecule has 0 aliphatic rings. The van der Waals surface area contributed by atoms with Crippen LogP contribution in [0.1, 0.15) is 30.0 Å². The Labute approximate surface area is 147 Å². The first-order chi connectivity index (χ1) is 11.1. The van der Waals surface area contributed by atoms with Gasteiger partial charge in [0.05, 0.1) is 19.1 Å². The first-order valence-electron chi connectivity index (χ1n) is 7.45. The van der Waals surface area contributed by atoms with Crippen LogP contribution in [0.4, 0.5) is 4.39 Å². The molecule has 2 aromatic carbocycles. The lowest BCUT2D eigenvalue weighted by Crippen LogP contribution is -2.35. The lowest BCUT2D eigenvalue weighted by molar-refractivity contribution is -0.123. The molecule has 0 heterocycles. The summed E-state index contributed by atoms with van der Waals surface area (Å²) in [5.74, 6) is -0.884. The second-order valence-electron chi connectivity index (χ2n) is 5.32. The molecule has 130 valence electrons. The quantitative estimate of drug-likeness (QED) is 0.839. The second kappa shape index (κ2) is 9.25. The zero-order valence-electron chi connectivity index (χ0n) is 13.7. The van der Waals surface area contributed by atoms with Gasteiger partial charge in [-0.2, -0.15) is 0 Å². The summed E-state index contributed by atoms with van der Waals surface area (Å²) in [6, 6.07) is 13.7. The predicted molar refractivity (Wildman–Crippen MR) is 95.0 cm³/mol. The summed E-state index contributed by atoms with van der Waals surface area (Å²) in [5.41, 5.74) is 7.27. The Hall–Kier alpha value is -2.11. The van der Waals surface area contributed by atoms with E-state index in [9.17, 15) is 9.18 Å². The number of rotatable bonds is 6. The maximum atomic E-state index is 13.8. The van der Waals surface area contributed by atoms with E-state index in [1.165, 1.54) is 13.2 Å². The van der Waals surface area contributed by atoms with E-state index in [0.717, 1.165) is 5.56 Å². The average Bonchev–Trinajstić information content (AvgIpc) is 2.56. The molecule has 0 saturated heterocycles. The van der Waals surface area contributed by atoms with Gasteiger partial charge in [0.1, 0.15) is 0 Å². The van der Waals surface area contributed by atoms with Gasteiger partial charge in [-0.05, 0) is 30.2 Å². The second-order valence-corrected chi connectivity index (χ2v) is 5.32. The Morgan fingerprint density at radius 1 is 1.21 bits per heavy atom. The summed E-state index contributed by atoms with van der Waals surface area (Å²) in [6.07, 6.45) is 0. The number of hydrogen-bond acceptors (Lipinski definition) is 3. The van der Waals surface area contributed by atoms with Crippen molar-refractivity contribution in [2.75, 3.05) is 13.7 Å². The number of ether oxygens (including phenoxy) is 1. The Morgan fingerprint density at radius 3 is 2.42 bits per heavy atom. The van der Waals surface area contributed by atoms with Gasteiger partial charge in [-0.25, -0.2) is 4.39 Å². The minimum Gasteiger partial charge on any atom is -0.494 e. The smallest absolute Gasteiger partial charge is 0.229 e. The predicted octanol–water partition coefficient (Wildman–Crippen LogP) is 3.18. The van der Waals surface area contributed by atoms with Crippen molar-refractivity contribution in [3.8, 4) is 5.75 Å². The molecule has 0 aliphatic heterocycles. The van der Waals surface area contributed by atoms with Crippen molar-refractivity contribution in [1.29, 1.82) is 0 Å². The molecule has 4 nitrogen and oxygen atoms in total. The van der Waals surface area contributed by atoms with Gasteiger partial charge in [0.15, 0.2) is 11.6 Å². The standard InChI is InChI=1S/C18H21FN2O2.ClH/c1-12(14-8-9-17(23-2)16(19)10-14)21-18(22)15(11-20)13-6-4-3-5-7-13;/h3-10,12,15H,11,20H2,1-2H3,(H,21,22);1H. The monoisotopic (exact) mass is 352 g/mol. The Morgan fingerprint density at radius 2 is 1.88 bits per heavy atom. The SMILES string of the molecule is COc1ccc(C(C)NC(=O)C(CN)c2ccccc2)cc1F.Cl. The van der Waals surface area contributed by atoms with E-state index in [0.29, 0.717) is 5.56 Å². The summed E-state index contributed by atoms with van der Waals surface area (Å²) in [6.45, 7) is 2.01. The Bertz CT molecular complexity index is 667. The molecule has 0 saturated carbocycles. The maximum absolute atomic E-state index is 13.8. The summed E-state index contributed by atoms with van der Waals surface area (Å²) in [5, 5.41) is 2.88. The molecule has 0 spiro atoms. The van der Waals surface area contributed by atoms with E-state index in [1.807, 2.05) is 30.3 Å². The molecule has 6 heteroatoms. The summed E-state index contributed by atoms with van der Waals surface area (Å²) >= 11 is 0. The molecule has 2 unspecified atom stereocenters. The van der Waals surface area contributed by atoms with Crippen molar-refractivity contribution < 1.29 is 13.9 Å². The largest absolute Gasteiger partial charge is 0.494 e. The molecule has 3 N–H and O–H groups in total. The number of nitrogens with one attached hydrogen (secondary N) is 1. The molecular formula is C18H22ClFN2O2. The van der Waals surface area contributed by atoms with Gasteiger partial charge in [0, 0.05) is 6.54 Å². The molecule has 0 fully saturated rings. The van der Waals surface area contributed by atoms with Crippen molar-refractivity contribution in [3.63, 3.8) is 0 Å². The maximum Gasteiger partial charge on any atom is 0.229 e. The van der Waals surface area contributed by atoms with E-state index in [1.54, 1.807) is 19.1 Å². The minimum atomic E-state index is -0.454. The fourth-order valence-electron chi connectivity index (χ4n) is 2.43. The fraction of sp³-hybridized carbons (Fsp3) is 0.278. The van der Waals surface area contributed by atoms with Gasteiger partial charge in [0.2, 0.25) is 5.91 Å². The van der Waals surface area contributed by atoms with Crippen LogP contribution in [0.5, 0.6) is 5.75 Å². The molecule has 0 radical (unpaired) electrons. The first-order valence-corrected chi connectivity index (χ1v) is 7.45. The van der Waals surface area contributed by atoms with Crippen LogP contribution in [0.3, 0.4) is 0 Å². The molecule has 2 aromatic rings. The van der Waals surface area contributed by atoms with Crippen LogP contribution in [0.2, 0.25) is 0 Å². The lowest BCUT2D eigenvalue weighted by atomic mass is 9.97. The van der Waals surface area contributed by atoms with Gasteiger partial charge >= 0.3 is 0 Å². The van der Waals surface area contributed by atoms with E-state index < -0.39 is 11.7 Å². The molecular weight excluding hydrogens is 331 g/mol. The number of carbonyl (C=O) groups is 1. The van der Waals surface area contributed by atoms with Gasteiger partial charge in [-0.15, -0.1) is 12.4 Å². The topological polar surface area (TPSA) is 64.3 Å². The van der Waals surface area contributed by atoms with Crippen LogP contribution >= 0.6 is 12.4 Å². The molecule has 0 aliphatic carbocycles. The highest BCUT2D eigenvalue weighted by Gasteiger charge is 2.21. The van der Waals surface area contributed by atoms with Crippen molar-refractivity contribution >= 4 is 18.3 Å². The molecule has 2 atom stereocenters. The van der Waals surface area contributed by atoms with Crippen LogP contribution in [0.25, 0.3) is 0 Å². The van der Waals surface area contributed by atoms with E-state index in [4.69, 9.17) is 10.5 Å². The van der Waals surface area contributed by atoms with Crippen LogP contribution in [-0.4, -0.2) is 19.6 Å². The third-order valence-corrected chi connectivity index (χ3v) is 3.79. The summed E-state index contributed by atoms with van der Waals surface area (Å²) < 4.78 is 18.7. The van der Waals surface area contributed by atoms with Crippen LogP contribution < -0.4 is 15.8 Å². The number of methoxy groups -OCH3 is 1. The van der Waals surface area contributed by atoms with Gasteiger partial charge in [-0.3, -0.25) is 4.79 Å². The highest BCUT2D eigenvalue weighted by Crippen LogP contribution is 2.23. The zero-order chi connectivity index (χ0) is 16.8. The average molecular weight is 353 g/mol. The first kappa shape index (κ1) is 19.9. The number of amides is 1. The molecule has 1 amide bonds. The zero-order valence-corrected chi connectivity index (χ0v) is 14.5. The third kappa shape index (κ3) is 4.69. The molecule has 0 aromatic heterocycles. The highest BCUT2D eigenvalue weighted by molar-refractivity contribution is 5.85. The number of nitrogens with two attached hydrogens (primary N) is 1. The highest BCUT2D eigenvalue weighted by atomic mass is 35.5. The van der Waals surface area contributed by atoms with Crippen molar-refractivity contribution in [1.82, 2.24) is 5.32 Å². The summed E-state index contributed by atoms with van der Waals surface area (Å²) in [4.78, 5) is 12.5. The van der Waals surface area contributed by atoms with Gasteiger partial charge in [-0.1, -0.05) is 36.4 Å². The Kier molecular flexibility index (Phi) is 7.68. The third-order valence-electron chi connectivity index (χ3n) is 3.79. The summed E-state index contributed by atoms with van der Waals surface area (Å²) in [7, 11) is 1.41. The van der Waals surface area contributed by atoms with Gasteiger partial charge in [0.25, 0.3) is 0 Å². The number of benzene rings is 2. The minimum absolute atomic E-state index is 0. The number of carbonyl (C=O) groups excluding carboxylic acids is 1. The number of halogens is 2. The number of hydrogen-bond donors (Lipinski definition) is 2. The fourth-order valence-corrected chi connectivity index (χ4v) is 2.43.